The summed E-state index contributed by atoms with van der Waals surface area (Å²) in [6.45, 7) is 9.35. The summed E-state index contributed by atoms with van der Waals surface area (Å²) in [5.41, 5.74) is 2.50. The highest BCUT2D eigenvalue weighted by Gasteiger charge is 2.34. The van der Waals surface area contributed by atoms with E-state index in [0.717, 1.165) is 80.5 Å². The Labute approximate surface area is 352 Å². The molecule has 0 amide bonds. The smallest absolute Gasteiger partial charge is 0.311 e. The predicted molar refractivity (Wildman–Crippen MR) is 235 cm³/mol. The summed E-state index contributed by atoms with van der Waals surface area (Å²) in [4.78, 5) is 27.4. The fourth-order valence-electron chi connectivity index (χ4n) is 9.35. The van der Waals surface area contributed by atoms with Crippen molar-refractivity contribution in [1.29, 1.82) is 0 Å². The molecule has 2 N–H and O–H groups in total. The Morgan fingerprint density at radius 3 is 1.53 bits per heavy atom. The molecule has 2 heterocycles. The molecule has 8 rings (SSSR count). The van der Waals surface area contributed by atoms with Crippen LogP contribution < -0.4 is 4.74 Å². The van der Waals surface area contributed by atoms with Gasteiger partial charge in [-0.05, 0) is 132 Å². The largest absolute Gasteiger partial charge is 0.508 e. The number of likely N-dealkylation sites (tertiary alicyclic amines) is 2. The lowest BCUT2D eigenvalue weighted by Crippen LogP contribution is -2.49. The summed E-state index contributed by atoms with van der Waals surface area (Å²) in [5.74, 6) is 2.97. The lowest BCUT2D eigenvalue weighted by Gasteiger charge is -2.37. The van der Waals surface area contributed by atoms with E-state index < -0.39 is 0 Å². The highest BCUT2D eigenvalue weighted by Crippen LogP contribution is 2.32. The minimum Gasteiger partial charge on any atom is -0.508 e. The van der Waals surface area contributed by atoms with Crippen molar-refractivity contribution in [3.8, 4) is 11.5 Å². The van der Waals surface area contributed by atoms with Crippen molar-refractivity contribution in [3.05, 3.63) is 83.9 Å². The van der Waals surface area contributed by atoms with Gasteiger partial charge in [0.2, 0.25) is 0 Å². The molecule has 2 aliphatic carbocycles. The third-order valence-electron chi connectivity index (χ3n) is 12.9. The molecule has 4 aromatic rings. The number of rotatable bonds is 12. The Bertz CT molecular complexity index is 1940. The van der Waals surface area contributed by atoms with Crippen LogP contribution in [-0.2, 0) is 32.2 Å². The van der Waals surface area contributed by atoms with Gasteiger partial charge >= 0.3 is 11.9 Å². The highest BCUT2D eigenvalue weighted by atomic mass is 16.5. The van der Waals surface area contributed by atoms with Gasteiger partial charge in [0.1, 0.15) is 11.5 Å². The van der Waals surface area contributed by atoms with Gasteiger partial charge in [0.15, 0.2) is 0 Å². The maximum absolute atomic E-state index is 11.5. The number of phenolic OH excluding ortho intramolecular Hbond substituents is 1. The standard InChI is InChI=1S/C25H33NO3.C16H17NO3.C9H18O/c1-3-4-18-6-10-23(11-7-18)29-24-12-9-20-13-19(5-8-21(20)14-24)15-26-16-22(17-26)25(27)28-2;1-20-16(19)14-9-17(10-14)8-11-2-3-13-7-15(18)5-4-12(13)6-11;1-2-3-8-4-6-9(10)7-5-8/h5,8-9,12-14,18,22-23H,3-4,6-7,10-11,15-17H2,1-2H3;2-7,14,18H,8-10H2,1H3;8-10H,2-7H2,1H3. The summed E-state index contributed by atoms with van der Waals surface area (Å²) in [5, 5.41) is 23.3. The van der Waals surface area contributed by atoms with Gasteiger partial charge < -0.3 is 24.4 Å². The van der Waals surface area contributed by atoms with Gasteiger partial charge in [-0.15, -0.1) is 0 Å². The van der Waals surface area contributed by atoms with Crippen LogP contribution in [0.15, 0.2) is 72.8 Å². The van der Waals surface area contributed by atoms with Crippen molar-refractivity contribution in [3.63, 3.8) is 0 Å². The molecule has 59 heavy (non-hydrogen) atoms. The van der Waals surface area contributed by atoms with Crippen LogP contribution in [0.25, 0.3) is 21.5 Å². The van der Waals surface area contributed by atoms with Gasteiger partial charge in [0.05, 0.1) is 38.3 Å². The molecule has 4 aromatic carbocycles. The normalized spacial score (nSPS) is 22.5. The zero-order valence-electron chi connectivity index (χ0n) is 36.0. The summed E-state index contributed by atoms with van der Waals surface area (Å²) in [6, 6.07) is 24.7. The second kappa shape index (κ2) is 21.9. The lowest BCUT2D eigenvalue weighted by molar-refractivity contribution is -0.152. The minimum atomic E-state index is -0.116. The topological polar surface area (TPSA) is 109 Å². The molecule has 2 saturated heterocycles. The summed E-state index contributed by atoms with van der Waals surface area (Å²) in [7, 11) is 2.90. The van der Waals surface area contributed by atoms with Gasteiger partial charge in [-0.25, -0.2) is 0 Å². The van der Waals surface area contributed by atoms with Gasteiger partial charge in [-0.3, -0.25) is 19.4 Å². The molecular formula is C50H68N2O7. The first-order valence-corrected chi connectivity index (χ1v) is 22.3. The summed E-state index contributed by atoms with van der Waals surface area (Å²) < 4.78 is 15.9. The molecule has 4 fully saturated rings. The monoisotopic (exact) mass is 809 g/mol. The molecule has 0 bridgehead atoms. The zero-order chi connectivity index (χ0) is 41.7. The molecule has 320 valence electrons. The van der Waals surface area contributed by atoms with Gasteiger partial charge in [0, 0.05) is 39.3 Å². The van der Waals surface area contributed by atoms with E-state index in [2.05, 4.69) is 72.2 Å². The van der Waals surface area contributed by atoms with E-state index in [1.54, 1.807) is 12.1 Å². The van der Waals surface area contributed by atoms with E-state index in [9.17, 15) is 19.8 Å². The Hall–Kier alpha value is -4.18. The van der Waals surface area contributed by atoms with Crippen molar-refractivity contribution < 1.29 is 34.0 Å². The number of fused-ring (bicyclic) bond motifs is 2. The van der Waals surface area contributed by atoms with Crippen LogP contribution in [0.1, 0.15) is 102 Å². The number of aliphatic hydroxyl groups is 1. The number of carbonyl (C=O) groups excluding carboxylic acids is 2. The van der Waals surface area contributed by atoms with Crippen LogP contribution >= 0.6 is 0 Å². The van der Waals surface area contributed by atoms with Crippen molar-refractivity contribution in [1.82, 2.24) is 9.80 Å². The van der Waals surface area contributed by atoms with Crippen molar-refractivity contribution in [2.75, 3.05) is 40.4 Å². The molecule has 9 heteroatoms. The van der Waals surface area contributed by atoms with E-state index in [4.69, 9.17) is 14.2 Å². The summed E-state index contributed by atoms with van der Waals surface area (Å²) >= 11 is 0. The van der Waals surface area contributed by atoms with Gasteiger partial charge in [0.25, 0.3) is 0 Å². The fourth-order valence-corrected chi connectivity index (χ4v) is 9.35. The first-order valence-electron chi connectivity index (χ1n) is 22.3. The number of hydrogen-bond acceptors (Lipinski definition) is 9. The number of esters is 2. The lowest BCUT2D eigenvalue weighted by atomic mass is 9.85. The Morgan fingerprint density at radius 2 is 1.03 bits per heavy atom. The van der Waals surface area contributed by atoms with Crippen LogP contribution in [0, 0.1) is 23.7 Å². The molecule has 2 saturated carbocycles. The average Bonchev–Trinajstić information content (AvgIpc) is 3.22. The van der Waals surface area contributed by atoms with Gasteiger partial charge in [-0.2, -0.15) is 0 Å². The number of aliphatic hydroxyl groups excluding tert-OH is 1. The molecule has 0 atom stereocenters. The van der Waals surface area contributed by atoms with E-state index >= 15 is 0 Å². The molecule has 2 aliphatic heterocycles. The Morgan fingerprint density at radius 1 is 0.593 bits per heavy atom. The molecule has 0 unspecified atom stereocenters. The second-order valence-electron chi connectivity index (χ2n) is 17.5. The molecular weight excluding hydrogens is 741 g/mol. The number of aromatic hydroxyl groups is 1. The van der Waals surface area contributed by atoms with Crippen molar-refractivity contribution in [2.45, 2.75) is 116 Å². The number of carbonyl (C=O) groups is 2. The molecule has 0 radical (unpaired) electrons. The maximum Gasteiger partial charge on any atom is 0.311 e. The first kappa shape index (κ1) is 44.4. The number of methoxy groups -OCH3 is 2. The van der Waals surface area contributed by atoms with E-state index in [1.807, 2.05) is 12.1 Å². The second-order valence-corrected chi connectivity index (χ2v) is 17.5. The van der Waals surface area contributed by atoms with Gasteiger partial charge in [-0.1, -0.05) is 75.9 Å². The number of benzene rings is 4. The van der Waals surface area contributed by atoms with Crippen LogP contribution in [-0.4, -0.2) is 84.6 Å². The summed E-state index contributed by atoms with van der Waals surface area (Å²) in [6.07, 6.45) is 15.3. The Kier molecular flexibility index (Phi) is 16.5. The first-order chi connectivity index (χ1) is 28.6. The Balaban J connectivity index is 0.000000168. The third-order valence-corrected chi connectivity index (χ3v) is 12.9. The van der Waals surface area contributed by atoms with E-state index in [0.29, 0.717) is 6.10 Å². The maximum atomic E-state index is 11.5. The predicted octanol–water partition coefficient (Wildman–Crippen LogP) is 9.67. The molecule has 0 aromatic heterocycles. The van der Waals surface area contributed by atoms with Crippen LogP contribution in [0.4, 0.5) is 0 Å². The minimum absolute atomic E-state index is 0.0214. The SMILES string of the molecule is CCCC1CCC(O)CC1.CCCC1CCC(Oc2ccc3cc(CN4CC(C(=O)OC)C4)ccc3c2)CC1.COC(=O)C1CN(Cc2ccc3cc(O)ccc3c2)C1. The molecule has 0 spiro atoms. The third kappa shape index (κ3) is 12.9. The van der Waals surface area contributed by atoms with Crippen LogP contribution in [0.5, 0.6) is 11.5 Å². The average molecular weight is 809 g/mol. The van der Waals surface area contributed by atoms with Crippen molar-refractivity contribution >= 4 is 33.5 Å². The van der Waals surface area contributed by atoms with E-state index in [-0.39, 0.29) is 35.6 Å². The number of nitrogens with zero attached hydrogens (tertiary/aromatic N) is 2. The molecule has 4 aliphatic rings. The molecule has 9 nitrogen and oxygen atoms in total. The highest BCUT2D eigenvalue weighted by molar-refractivity contribution is 5.85. The zero-order valence-corrected chi connectivity index (χ0v) is 36.0. The fraction of sp³-hybridized carbons (Fsp3) is 0.560. The number of phenols is 1. The number of ether oxygens (including phenoxy) is 3. The van der Waals surface area contributed by atoms with Crippen LogP contribution in [0.3, 0.4) is 0 Å². The number of hydrogen-bond donors (Lipinski definition) is 2. The van der Waals surface area contributed by atoms with Crippen LogP contribution in [0.2, 0.25) is 0 Å². The quantitative estimate of drug-likeness (QED) is 0.135. The van der Waals surface area contributed by atoms with E-state index in [1.165, 1.54) is 100 Å². The van der Waals surface area contributed by atoms with Crippen molar-refractivity contribution in [2.24, 2.45) is 23.7 Å².